The van der Waals surface area contributed by atoms with Crippen molar-refractivity contribution in [2.75, 3.05) is 40.4 Å². The molecule has 136 valence electrons. The molecule has 0 aromatic rings. The lowest BCUT2D eigenvalue weighted by Crippen LogP contribution is -2.16. The highest BCUT2D eigenvalue weighted by Gasteiger charge is 1.91. The summed E-state index contributed by atoms with van der Waals surface area (Å²) in [5, 5.41) is 5.67. The van der Waals surface area contributed by atoms with Crippen LogP contribution in [0.4, 0.5) is 0 Å². The smallest absolute Gasteiger partial charge is 0.394 e. The van der Waals surface area contributed by atoms with Crippen LogP contribution >= 0.6 is 0 Å². The van der Waals surface area contributed by atoms with Crippen LogP contribution in [0.3, 0.4) is 0 Å². The number of rotatable bonds is 8. The number of likely N-dealkylation sites (N-methyl/N-ethyl adjacent to an activating group) is 2. The minimum atomic E-state index is -4.67. The number of hydrogen-bond donors (Lipinski definition) is 4. The number of nitrogens with one attached hydrogen (secondary N) is 2. The van der Waals surface area contributed by atoms with Crippen LogP contribution in [0.2, 0.25) is 0 Å². The quantitative estimate of drug-likeness (QED) is 0.188. The van der Waals surface area contributed by atoms with E-state index in [1.54, 1.807) is 14.1 Å². The van der Waals surface area contributed by atoms with Crippen molar-refractivity contribution >= 4 is 22.3 Å². The van der Waals surface area contributed by atoms with Crippen LogP contribution in [0.15, 0.2) is 25.3 Å². The van der Waals surface area contributed by atoms with E-state index in [1.807, 2.05) is 0 Å². The summed E-state index contributed by atoms with van der Waals surface area (Å²) in [6, 6.07) is 0. The first-order valence-electron chi connectivity index (χ1n) is 6.19. The minimum Gasteiger partial charge on any atom is -0.461 e. The molecule has 11 heteroatoms. The van der Waals surface area contributed by atoms with Crippen LogP contribution in [0.25, 0.3) is 0 Å². The highest BCUT2D eigenvalue weighted by atomic mass is 32.3. The molecule has 0 aliphatic heterocycles. The highest BCUT2D eigenvalue weighted by molar-refractivity contribution is 7.79. The largest absolute Gasteiger partial charge is 0.461 e. The summed E-state index contributed by atoms with van der Waals surface area (Å²) in [5.74, 6) is -0.740. The van der Waals surface area contributed by atoms with E-state index in [-0.39, 0.29) is 11.9 Å². The van der Waals surface area contributed by atoms with Crippen molar-refractivity contribution in [1.82, 2.24) is 10.6 Å². The molecule has 0 atom stereocenters. The lowest BCUT2D eigenvalue weighted by Gasteiger charge is -1.98. The summed E-state index contributed by atoms with van der Waals surface area (Å²) in [6.07, 6.45) is 2.30. The molecule has 0 aliphatic rings. The molecule has 0 rings (SSSR count). The standard InChI is InChI=1S/2C6H11NO2.H2O4S/c2*1-3-6(8)9-5-4-7-2;1-5(2,3)4/h2*3,7H,1,4-5H2,2H3;(H2,1,2,3,4). The predicted molar refractivity (Wildman–Crippen MR) is 84.3 cm³/mol. The average Bonchev–Trinajstić information content (AvgIpc) is 2.46. The van der Waals surface area contributed by atoms with Crippen LogP contribution in [-0.2, 0) is 29.5 Å². The number of esters is 2. The Morgan fingerprint density at radius 2 is 1.22 bits per heavy atom. The number of hydrogen-bond acceptors (Lipinski definition) is 8. The molecule has 0 radical (unpaired) electrons. The van der Waals surface area contributed by atoms with Gasteiger partial charge in [-0.25, -0.2) is 9.59 Å². The summed E-state index contributed by atoms with van der Waals surface area (Å²) >= 11 is 0. The van der Waals surface area contributed by atoms with Crippen LogP contribution < -0.4 is 10.6 Å². The Hall–Kier alpha value is -1.79. The summed E-state index contributed by atoms with van der Waals surface area (Å²) < 4.78 is 40.8. The maximum absolute atomic E-state index is 10.3. The van der Waals surface area contributed by atoms with Gasteiger partial charge < -0.3 is 20.1 Å². The molecule has 0 saturated carbocycles. The third-order valence-electron chi connectivity index (χ3n) is 1.53. The van der Waals surface area contributed by atoms with Crippen molar-refractivity contribution in [3.63, 3.8) is 0 Å². The molecular weight excluding hydrogens is 332 g/mol. The average molecular weight is 356 g/mol. The summed E-state index contributed by atoms with van der Waals surface area (Å²) in [6.45, 7) is 8.66. The first-order valence-corrected chi connectivity index (χ1v) is 7.59. The topological polar surface area (TPSA) is 151 Å². The molecule has 0 bridgehead atoms. The summed E-state index contributed by atoms with van der Waals surface area (Å²) in [5.41, 5.74) is 0. The van der Waals surface area contributed by atoms with Gasteiger partial charge in [-0.1, -0.05) is 13.2 Å². The van der Waals surface area contributed by atoms with Crippen molar-refractivity contribution in [2.45, 2.75) is 0 Å². The Kier molecular flexibility index (Phi) is 20.7. The van der Waals surface area contributed by atoms with E-state index in [0.717, 1.165) is 12.2 Å². The maximum atomic E-state index is 10.3. The second kappa shape index (κ2) is 18.3. The molecule has 0 aromatic carbocycles. The van der Waals surface area contributed by atoms with Gasteiger partial charge in [0.25, 0.3) is 0 Å². The Balaban J connectivity index is -0.000000273. The van der Waals surface area contributed by atoms with E-state index < -0.39 is 10.4 Å². The molecule has 0 fully saturated rings. The van der Waals surface area contributed by atoms with Gasteiger partial charge in [0.05, 0.1) is 0 Å². The van der Waals surface area contributed by atoms with E-state index in [0.29, 0.717) is 26.3 Å². The van der Waals surface area contributed by atoms with Gasteiger partial charge in [-0.3, -0.25) is 9.11 Å². The van der Waals surface area contributed by atoms with Crippen LogP contribution in [-0.4, -0.2) is 69.9 Å². The minimum absolute atomic E-state index is 0.370. The molecule has 10 nitrogen and oxygen atoms in total. The third kappa shape index (κ3) is 45.0. The van der Waals surface area contributed by atoms with E-state index in [1.165, 1.54) is 0 Å². The lowest BCUT2D eigenvalue weighted by molar-refractivity contribution is -0.138. The Bertz CT molecular complexity index is 402. The SMILES string of the molecule is C=CC(=O)OCCNC.C=CC(=O)OCCNC.O=S(=O)(O)O. The van der Waals surface area contributed by atoms with Crippen molar-refractivity contribution in [3.05, 3.63) is 25.3 Å². The van der Waals surface area contributed by atoms with Gasteiger partial charge in [0.1, 0.15) is 13.2 Å². The van der Waals surface area contributed by atoms with Crippen molar-refractivity contribution in [1.29, 1.82) is 0 Å². The fourth-order valence-electron chi connectivity index (χ4n) is 0.625. The predicted octanol–water partition coefficient (Wildman–Crippen LogP) is -0.783. The number of carbonyl (C=O) groups is 2. The third-order valence-corrected chi connectivity index (χ3v) is 1.53. The summed E-state index contributed by atoms with van der Waals surface area (Å²) in [7, 11) is -1.08. The fraction of sp³-hybridized carbons (Fsp3) is 0.500. The molecule has 0 unspecified atom stereocenters. The van der Waals surface area contributed by atoms with Crippen molar-refractivity contribution in [3.8, 4) is 0 Å². The molecule has 0 heterocycles. The van der Waals surface area contributed by atoms with E-state index in [9.17, 15) is 9.59 Å². The number of ether oxygens (including phenoxy) is 2. The second-order valence-corrected chi connectivity index (χ2v) is 4.29. The van der Waals surface area contributed by atoms with Crippen molar-refractivity contribution in [2.24, 2.45) is 0 Å². The van der Waals surface area contributed by atoms with Crippen LogP contribution in [0, 0.1) is 0 Å². The van der Waals surface area contributed by atoms with Gasteiger partial charge in [0.15, 0.2) is 0 Å². The molecule has 0 aromatic heterocycles. The van der Waals surface area contributed by atoms with Gasteiger partial charge in [0.2, 0.25) is 0 Å². The monoisotopic (exact) mass is 356 g/mol. The van der Waals surface area contributed by atoms with Gasteiger partial charge in [-0.05, 0) is 14.1 Å². The Morgan fingerprint density at radius 3 is 1.39 bits per heavy atom. The second-order valence-electron chi connectivity index (χ2n) is 3.40. The van der Waals surface area contributed by atoms with Crippen LogP contribution in [0.1, 0.15) is 0 Å². The van der Waals surface area contributed by atoms with Crippen LogP contribution in [0.5, 0.6) is 0 Å². The fourth-order valence-corrected chi connectivity index (χ4v) is 0.625. The Morgan fingerprint density at radius 1 is 0.957 bits per heavy atom. The molecular formula is C12H24N2O8S. The van der Waals surface area contributed by atoms with Crippen molar-refractivity contribution < 1.29 is 36.6 Å². The van der Waals surface area contributed by atoms with E-state index >= 15 is 0 Å². The van der Waals surface area contributed by atoms with Gasteiger partial charge in [0, 0.05) is 25.2 Å². The van der Waals surface area contributed by atoms with Gasteiger partial charge in [-0.15, -0.1) is 0 Å². The first kappa shape index (κ1) is 26.1. The van der Waals surface area contributed by atoms with E-state index in [4.69, 9.17) is 17.5 Å². The molecule has 23 heavy (non-hydrogen) atoms. The normalized spacial score (nSPS) is 9.22. The van der Waals surface area contributed by atoms with Gasteiger partial charge in [-0.2, -0.15) is 8.42 Å². The zero-order valence-electron chi connectivity index (χ0n) is 13.1. The lowest BCUT2D eigenvalue weighted by atomic mass is 10.6. The maximum Gasteiger partial charge on any atom is 0.394 e. The molecule has 0 spiro atoms. The zero-order chi connectivity index (χ0) is 18.7. The highest BCUT2D eigenvalue weighted by Crippen LogP contribution is 1.76. The summed E-state index contributed by atoms with van der Waals surface area (Å²) in [4.78, 5) is 20.6. The molecule has 0 aliphatic carbocycles. The molecule has 0 saturated heterocycles. The van der Waals surface area contributed by atoms with E-state index in [2.05, 4.69) is 33.3 Å². The first-order chi connectivity index (χ1) is 10.6. The molecule has 4 N–H and O–H groups in total. The molecule has 0 amide bonds. The van der Waals surface area contributed by atoms with Gasteiger partial charge >= 0.3 is 22.3 Å². The number of carbonyl (C=O) groups excluding carboxylic acids is 2. The Labute approximate surface area is 136 Å². The zero-order valence-corrected chi connectivity index (χ0v) is 14.0.